The molecule has 4 rings (SSSR count). The Hall–Kier alpha value is -3.99. The van der Waals surface area contributed by atoms with Crippen molar-refractivity contribution >= 4 is 23.6 Å². The van der Waals surface area contributed by atoms with Gasteiger partial charge in [0.15, 0.2) is 0 Å². The van der Waals surface area contributed by atoms with Gasteiger partial charge in [0.05, 0.1) is 12.2 Å². The second kappa shape index (κ2) is 15.0. The first-order valence-corrected chi connectivity index (χ1v) is 14.9. The number of hydrogen-bond donors (Lipinski definition) is 4. The van der Waals surface area contributed by atoms with Crippen LogP contribution in [0.2, 0.25) is 0 Å². The zero-order valence-electron chi connectivity index (χ0n) is 24.7. The largest absolute Gasteiger partial charge is 0.493 e. The lowest BCUT2D eigenvalue weighted by molar-refractivity contribution is -0.130. The number of fused-ring (bicyclic) bond motifs is 1. The van der Waals surface area contributed by atoms with E-state index in [0.717, 1.165) is 5.56 Å². The van der Waals surface area contributed by atoms with E-state index in [-0.39, 0.29) is 49.2 Å². The highest BCUT2D eigenvalue weighted by Crippen LogP contribution is 2.34. The molecule has 2 aliphatic rings. The molecule has 1 saturated heterocycles. The molecule has 0 unspecified atom stereocenters. The van der Waals surface area contributed by atoms with Crippen molar-refractivity contribution in [2.45, 2.75) is 63.5 Å². The van der Waals surface area contributed by atoms with Gasteiger partial charge in [-0.2, -0.15) is 0 Å². The molecule has 232 valence electrons. The molecule has 0 bridgehead atoms. The highest BCUT2D eigenvalue weighted by atomic mass is 19.1. The van der Waals surface area contributed by atoms with Crippen molar-refractivity contribution < 1.29 is 33.0 Å². The van der Waals surface area contributed by atoms with Gasteiger partial charge in [-0.05, 0) is 61.4 Å². The summed E-state index contributed by atoms with van der Waals surface area (Å²) in [5.41, 5.74) is 0.469. The number of carbonyl (C=O) groups is 4. The molecule has 1 fully saturated rings. The third kappa shape index (κ3) is 8.53. The third-order valence-electron chi connectivity index (χ3n) is 8.05. The summed E-state index contributed by atoms with van der Waals surface area (Å²) in [5.74, 6) is -1.86. The van der Waals surface area contributed by atoms with E-state index in [9.17, 15) is 23.6 Å². The minimum atomic E-state index is -1.06. The molecular weight excluding hydrogens is 555 g/mol. The molecule has 2 heterocycles. The zero-order valence-corrected chi connectivity index (χ0v) is 24.7. The number of nitrogens with one attached hydrogen (secondary N) is 4. The highest BCUT2D eigenvalue weighted by molar-refractivity contribution is 5.99. The summed E-state index contributed by atoms with van der Waals surface area (Å²) >= 11 is 0. The summed E-state index contributed by atoms with van der Waals surface area (Å²) in [6.07, 6.45) is 1.55. The van der Waals surface area contributed by atoms with Crippen LogP contribution in [0.5, 0.6) is 5.75 Å². The van der Waals surface area contributed by atoms with Gasteiger partial charge >= 0.3 is 0 Å². The molecule has 0 aromatic heterocycles. The summed E-state index contributed by atoms with van der Waals surface area (Å²) < 4.78 is 25.6. The second-order valence-electron chi connectivity index (χ2n) is 11.5. The minimum absolute atomic E-state index is 0.00502. The van der Waals surface area contributed by atoms with Gasteiger partial charge in [0, 0.05) is 38.1 Å². The van der Waals surface area contributed by atoms with Gasteiger partial charge in [-0.25, -0.2) is 4.39 Å². The van der Waals surface area contributed by atoms with E-state index in [1.165, 1.54) is 12.1 Å². The molecule has 2 aliphatic heterocycles. The maximum atomic E-state index is 14.2. The number of benzene rings is 2. The summed E-state index contributed by atoms with van der Waals surface area (Å²) in [4.78, 5) is 52.8. The van der Waals surface area contributed by atoms with E-state index < -0.39 is 35.2 Å². The van der Waals surface area contributed by atoms with Gasteiger partial charge in [-0.3, -0.25) is 19.2 Å². The van der Waals surface area contributed by atoms with Crippen molar-refractivity contribution in [1.82, 2.24) is 21.3 Å². The number of halogens is 1. The Morgan fingerprint density at radius 2 is 1.81 bits per heavy atom. The average Bonchev–Trinajstić information content (AvgIpc) is 3.00. The van der Waals surface area contributed by atoms with Crippen LogP contribution < -0.4 is 26.0 Å². The maximum Gasteiger partial charge on any atom is 0.255 e. The Morgan fingerprint density at radius 3 is 2.56 bits per heavy atom. The molecule has 0 aliphatic carbocycles. The molecule has 2 atom stereocenters. The Kier molecular flexibility index (Phi) is 11.1. The minimum Gasteiger partial charge on any atom is -0.493 e. The lowest BCUT2D eigenvalue weighted by Gasteiger charge is -2.38. The number of hydrogen-bond acceptors (Lipinski definition) is 6. The number of amides is 4. The van der Waals surface area contributed by atoms with E-state index >= 15 is 0 Å². The molecule has 4 N–H and O–H groups in total. The van der Waals surface area contributed by atoms with E-state index in [0.29, 0.717) is 44.8 Å². The van der Waals surface area contributed by atoms with Crippen LogP contribution in [0.3, 0.4) is 0 Å². The number of rotatable bonds is 5. The zero-order chi connectivity index (χ0) is 30.8. The Balaban J connectivity index is 1.56. The quantitative estimate of drug-likeness (QED) is 0.419. The monoisotopic (exact) mass is 596 g/mol. The molecule has 0 radical (unpaired) electrons. The van der Waals surface area contributed by atoms with Gasteiger partial charge in [0.25, 0.3) is 5.91 Å². The van der Waals surface area contributed by atoms with Crippen LogP contribution >= 0.6 is 0 Å². The lowest BCUT2D eigenvalue weighted by atomic mass is 9.74. The number of carbonyl (C=O) groups excluding carboxylic acids is 4. The Bertz CT molecular complexity index is 1300. The van der Waals surface area contributed by atoms with Gasteiger partial charge in [-0.1, -0.05) is 38.1 Å². The van der Waals surface area contributed by atoms with Crippen LogP contribution in [-0.4, -0.2) is 68.6 Å². The lowest BCUT2D eigenvalue weighted by Crippen LogP contribution is -2.52. The standard InChI is InChI=1S/C32H41FN4O6/c1-21(2)28-31(41)34-15-6-16-43-26-10-4-3-9-24(26)29(39)36-25(11-12-27(38)37-28)30(40)35-20-32(13-17-42-18-14-32)22-7-5-8-23(33)19-22/h3-5,7-10,19,21,25,28H,6,11-18,20H2,1-2H3,(H,34,41)(H,35,40)(H,36,39)(H,37,38)/t25-,28+/m0/s1. The highest BCUT2D eigenvalue weighted by Gasteiger charge is 2.36. The Morgan fingerprint density at radius 1 is 1.05 bits per heavy atom. The number of ether oxygens (including phenoxy) is 2. The molecule has 43 heavy (non-hydrogen) atoms. The molecule has 10 nitrogen and oxygen atoms in total. The van der Waals surface area contributed by atoms with Crippen LogP contribution in [0.15, 0.2) is 48.5 Å². The van der Waals surface area contributed by atoms with E-state index in [1.807, 2.05) is 19.9 Å². The van der Waals surface area contributed by atoms with Crippen molar-refractivity contribution in [2.24, 2.45) is 5.92 Å². The van der Waals surface area contributed by atoms with Gasteiger partial charge in [-0.15, -0.1) is 0 Å². The van der Waals surface area contributed by atoms with Crippen molar-refractivity contribution in [2.75, 3.05) is 32.9 Å². The van der Waals surface area contributed by atoms with Crippen LogP contribution in [0, 0.1) is 11.7 Å². The topological polar surface area (TPSA) is 135 Å². The first-order valence-electron chi connectivity index (χ1n) is 14.9. The molecule has 0 saturated carbocycles. The van der Waals surface area contributed by atoms with Crippen LogP contribution in [0.25, 0.3) is 0 Å². The van der Waals surface area contributed by atoms with Crippen molar-refractivity contribution in [3.05, 3.63) is 65.5 Å². The first-order chi connectivity index (χ1) is 20.7. The fraction of sp³-hybridized carbons (Fsp3) is 0.500. The van der Waals surface area contributed by atoms with Gasteiger partial charge in [0.1, 0.15) is 23.7 Å². The summed E-state index contributed by atoms with van der Waals surface area (Å²) in [6, 6.07) is 11.3. The molecule has 2 aromatic carbocycles. The summed E-state index contributed by atoms with van der Waals surface area (Å²) in [6.45, 7) is 5.40. The van der Waals surface area contributed by atoms with E-state index in [2.05, 4.69) is 21.3 Å². The van der Waals surface area contributed by atoms with Crippen molar-refractivity contribution in [3.8, 4) is 5.75 Å². The summed E-state index contributed by atoms with van der Waals surface area (Å²) in [5, 5.41) is 11.4. The van der Waals surface area contributed by atoms with Gasteiger partial charge < -0.3 is 30.7 Å². The first kappa shape index (κ1) is 31.9. The SMILES string of the molecule is CC(C)[C@H]1NC(=O)CC[C@@H](C(=O)NCC2(c3cccc(F)c3)CCOCC2)NC(=O)c2ccccc2OCCCNC1=O. The maximum absolute atomic E-state index is 14.2. The fourth-order valence-corrected chi connectivity index (χ4v) is 5.44. The average molecular weight is 597 g/mol. The fourth-order valence-electron chi connectivity index (χ4n) is 5.44. The second-order valence-corrected chi connectivity index (χ2v) is 11.5. The van der Waals surface area contributed by atoms with Gasteiger partial charge in [0.2, 0.25) is 17.7 Å². The Labute approximate surface area is 251 Å². The smallest absolute Gasteiger partial charge is 0.255 e. The molecule has 0 spiro atoms. The van der Waals surface area contributed by atoms with Crippen molar-refractivity contribution in [1.29, 1.82) is 0 Å². The molecule has 2 aromatic rings. The third-order valence-corrected chi connectivity index (χ3v) is 8.05. The molecular formula is C32H41FN4O6. The van der Waals surface area contributed by atoms with Crippen LogP contribution in [-0.2, 0) is 24.5 Å². The normalized spacial score (nSPS) is 21.9. The molecule has 11 heteroatoms. The van der Waals surface area contributed by atoms with Crippen LogP contribution in [0.1, 0.15) is 61.9 Å². The van der Waals surface area contributed by atoms with E-state index in [1.54, 1.807) is 30.3 Å². The number of para-hydroxylation sites is 1. The van der Waals surface area contributed by atoms with Crippen molar-refractivity contribution in [3.63, 3.8) is 0 Å². The van der Waals surface area contributed by atoms with E-state index in [4.69, 9.17) is 9.47 Å². The predicted molar refractivity (Wildman–Crippen MR) is 158 cm³/mol. The molecule has 4 amide bonds. The predicted octanol–water partition coefficient (Wildman–Crippen LogP) is 2.61. The summed E-state index contributed by atoms with van der Waals surface area (Å²) in [7, 11) is 0. The van der Waals surface area contributed by atoms with Crippen LogP contribution in [0.4, 0.5) is 4.39 Å².